The van der Waals surface area contributed by atoms with Crippen molar-refractivity contribution >= 4 is 45.0 Å². The summed E-state index contributed by atoms with van der Waals surface area (Å²) in [6.07, 6.45) is 3.64. The Morgan fingerprint density at radius 3 is 2.45 bits per heavy atom. The van der Waals surface area contributed by atoms with E-state index in [0.717, 1.165) is 33.0 Å². The summed E-state index contributed by atoms with van der Waals surface area (Å²) in [5.41, 5.74) is 4.93. The van der Waals surface area contributed by atoms with E-state index in [4.69, 9.17) is 23.7 Å². The molecule has 6 aromatic rings. The molecule has 0 radical (unpaired) electrons. The number of nitrogens with one attached hydrogen (secondary N) is 2. The summed E-state index contributed by atoms with van der Waals surface area (Å²) in [4.78, 5) is 35.2. The van der Waals surface area contributed by atoms with Crippen molar-refractivity contribution in [2.75, 3.05) is 30.6 Å². The number of nitrogens with zero attached hydrogens (tertiary/aromatic N) is 2. The maximum Gasteiger partial charge on any atom is 0.262 e. The average molecular weight is 711 g/mol. The molecule has 0 aliphatic carbocycles. The largest absolute Gasteiger partial charge is 0.483 e. The summed E-state index contributed by atoms with van der Waals surface area (Å²) < 4.78 is 29.8. The van der Waals surface area contributed by atoms with Crippen LogP contribution in [0.15, 0.2) is 97.2 Å². The highest BCUT2D eigenvalue weighted by Crippen LogP contribution is 2.45. The molecule has 53 heavy (non-hydrogen) atoms. The highest BCUT2D eigenvalue weighted by molar-refractivity contribution is 6.01. The molecule has 4 aromatic carbocycles. The first-order chi connectivity index (χ1) is 25.8. The normalized spacial score (nSPS) is 15.5. The lowest BCUT2D eigenvalue weighted by atomic mass is 9.90. The Labute approximate surface area is 306 Å². The number of carbonyl (C=O) groups is 2. The van der Waals surface area contributed by atoms with Crippen molar-refractivity contribution in [3.8, 4) is 28.9 Å². The summed E-state index contributed by atoms with van der Waals surface area (Å²) in [5, 5.41) is 7.80. The van der Waals surface area contributed by atoms with E-state index in [0.29, 0.717) is 71.6 Å². The minimum absolute atomic E-state index is 0.117. The molecule has 0 spiro atoms. The predicted molar refractivity (Wildman–Crippen MR) is 201 cm³/mol. The summed E-state index contributed by atoms with van der Waals surface area (Å²) >= 11 is 0. The van der Waals surface area contributed by atoms with Crippen LogP contribution in [0.1, 0.15) is 37.0 Å². The van der Waals surface area contributed by atoms with Crippen LogP contribution in [0.4, 0.5) is 11.4 Å². The van der Waals surface area contributed by atoms with Crippen LogP contribution < -0.4 is 34.3 Å². The van der Waals surface area contributed by atoms with Gasteiger partial charge in [0.1, 0.15) is 5.60 Å². The van der Waals surface area contributed by atoms with Crippen LogP contribution >= 0.6 is 0 Å². The van der Waals surface area contributed by atoms with E-state index in [9.17, 15) is 9.59 Å². The second-order valence-electron chi connectivity index (χ2n) is 13.4. The number of hydrogen-bond donors (Lipinski definition) is 2. The molecule has 4 heterocycles. The van der Waals surface area contributed by atoms with E-state index >= 15 is 0 Å². The predicted octanol–water partition coefficient (Wildman–Crippen LogP) is 7.44. The molecule has 11 heteroatoms. The van der Waals surface area contributed by atoms with Crippen LogP contribution in [0.3, 0.4) is 0 Å². The minimum atomic E-state index is -0.597. The van der Waals surface area contributed by atoms with Gasteiger partial charge in [0, 0.05) is 47.9 Å². The monoisotopic (exact) mass is 710 g/mol. The Kier molecular flexibility index (Phi) is 9.14. The lowest BCUT2D eigenvalue weighted by molar-refractivity contribution is -0.118. The summed E-state index contributed by atoms with van der Waals surface area (Å²) in [6, 6.07) is 28.7. The van der Waals surface area contributed by atoms with Crippen molar-refractivity contribution < 1.29 is 33.3 Å². The molecule has 2 aromatic heterocycles. The highest BCUT2D eigenvalue weighted by atomic mass is 16.7. The number of pyridine rings is 2. The third-order valence-electron chi connectivity index (χ3n) is 9.31. The molecule has 1 unspecified atom stereocenters. The SMILES string of the molecule is CCOc1ccc2cccc(NC(=O)COc3cccc4c3OC(C)(Cc3cc(CCC(=O)Nc5cccc6cccnc56)c5c(c3)OCO5)C4)c2n1. The minimum Gasteiger partial charge on any atom is -0.483 e. The van der Waals surface area contributed by atoms with E-state index < -0.39 is 5.60 Å². The quantitative estimate of drug-likeness (QED) is 0.133. The number of benzene rings is 4. The van der Waals surface area contributed by atoms with Crippen LogP contribution in [0, 0.1) is 0 Å². The number of para-hydroxylation sites is 3. The Balaban J connectivity index is 0.924. The van der Waals surface area contributed by atoms with E-state index in [2.05, 4.69) is 33.6 Å². The highest BCUT2D eigenvalue weighted by Gasteiger charge is 2.37. The van der Waals surface area contributed by atoms with Crippen molar-refractivity contribution in [1.29, 1.82) is 0 Å². The van der Waals surface area contributed by atoms with Crippen molar-refractivity contribution in [2.45, 2.75) is 45.1 Å². The maximum absolute atomic E-state index is 13.1. The Hall–Kier alpha value is -6.36. The van der Waals surface area contributed by atoms with Gasteiger partial charge >= 0.3 is 0 Å². The van der Waals surface area contributed by atoms with E-state index in [1.807, 2.05) is 85.8 Å². The van der Waals surface area contributed by atoms with Gasteiger partial charge in [-0.3, -0.25) is 14.6 Å². The fraction of sp³-hybridized carbons (Fsp3) is 0.238. The first-order valence-electron chi connectivity index (χ1n) is 17.7. The van der Waals surface area contributed by atoms with Crippen LogP contribution in [-0.2, 0) is 28.9 Å². The number of ether oxygens (including phenoxy) is 5. The van der Waals surface area contributed by atoms with Gasteiger partial charge in [-0.15, -0.1) is 0 Å². The van der Waals surface area contributed by atoms with E-state index in [-0.39, 0.29) is 31.6 Å². The van der Waals surface area contributed by atoms with Crippen LogP contribution in [-0.4, -0.2) is 47.4 Å². The van der Waals surface area contributed by atoms with Crippen LogP contribution in [0.2, 0.25) is 0 Å². The van der Waals surface area contributed by atoms with Gasteiger partial charge in [-0.25, -0.2) is 4.98 Å². The van der Waals surface area contributed by atoms with Gasteiger partial charge in [-0.2, -0.15) is 0 Å². The molecule has 2 amide bonds. The number of amides is 2. The lowest BCUT2D eigenvalue weighted by Crippen LogP contribution is -2.33. The third kappa shape index (κ3) is 7.23. The number of rotatable bonds is 12. The van der Waals surface area contributed by atoms with Crippen molar-refractivity contribution in [2.24, 2.45) is 0 Å². The number of aromatic nitrogens is 2. The molecule has 0 bridgehead atoms. The zero-order valence-electron chi connectivity index (χ0n) is 29.4. The zero-order chi connectivity index (χ0) is 36.4. The van der Waals surface area contributed by atoms with Gasteiger partial charge in [0.25, 0.3) is 5.91 Å². The number of fused-ring (bicyclic) bond motifs is 4. The Morgan fingerprint density at radius 1 is 0.830 bits per heavy atom. The first-order valence-corrected chi connectivity index (χ1v) is 17.7. The van der Waals surface area contributed by atoms with Crippen LogP contribution in [0.5, 0.6) is 28.9 Å². The molecule has 11 nitrogen and oxygen atoms in total. The molecular formula is C42H38N4O7. The number of aryl methyl sites for hydroxylation is 1. The van der Waals surface area contributed by atoms with Crippen LogP contribution in [0.25, 0.3) is 21.8 Å². The smallest absolute Gasteiger partial charge is 0.262 e. The molecule has 0 fully saturated rings. The summed E-state index contributed by atoms with van der Waals surface area (Å²) in [6.45, 7) is 4.36. The molecule has 8 rings (SSSR count). The molecule has 2 aliphatic rings. The summed E-state index contributed by atoms with van der Waals surface area (Å²) in [5.74, 6) is 2.49. The van der Waals surface area contributed by atoms with Gasteiger partial charge in [-0.05, 0) is 67.8 Å². The fourth-order valence-corrected chi connectivity index (χ4v) is 7.03. The average Bonchev–Trinajstić information content (AvgIpc) is 3.77. The molecule has 0 saturated carbocycles. The van der Waals surface area contributed by atoms with E-state index in [1.54, 1.807) is 12.3 Å². The maximum atomic E-state index is 13.1. The number of hydrogen-bond acceptors (Lipinski definition) is 9. The van der Waals surface area contributed by atoms with Crippen molar-refractivity contribution in [3.05, 3.63) is 114 Å². The second kappa shape index (κ2) is 14.3. The van der Waals surface area contributed by atoms with Gasteiger partial charge in [-0.1, -0.05) is 48.5 Å². The van der Waals surface area contributed by atoms with Gasteiger partial charge < -0.3 is 34.3 Å². The topological polar surface area (TPSA) is 130 Å². The molecule has 268 valence electrons. The van der Waals surface area contributed by atoms with Crippen molar-refractivity contribution in [1.82, 2.24) is 9.97 Å². The molecule has 1 atom stereocenters. The number of anilines is 2. The Morgan fingerprint density at radius 2 is 1.60 bits per heavy atom. The van der Waals surface area contributed by atoms with Gasteiger partial charge in [0.15, 0.2) is 29.6 Å². The van der Waals surface area contributed by atoms with E-state index in [1.165, 1.54) is 0 Å². The van der Waals surface area contributed by atoms with Gasteiger partial charge in [0.2, 0.25) is 18.6 Å². The number of carbonyl (C=O) groups excluding carboxylic acids is 2. The second-order valence-corrected chi connectivity index (χ2v) is 13.4. The standard InChI is InChI=1S/C42H38N4O7/c1-3-49-37-18-16-28-9-5-13-32(39(28)46-37)45-36(48)24-50-33-14-6-10-30-23-42(2,53-41(30)33)22-26-20-29(40-34(21-26)51-25-52-40)15-17-35(47)44-31-12-4-8-27-11-7-19-43-38(27)31/h4-14,16,18-21H,3,15,17,22-25H2,1-2H3,(H,44,47)(H,45,48). The summed E-state index contributed by atoms with van der Waals surface area (Å²) in [7, 11) is 0. The Bertz CT molecular complexity index is 2360. The zero-order valence-corrected chi connectivity index (χ0v) is 29.4. The molecule has 0 saturated heterocycles. The lowest BCUT2D eigenvalue weighted by Gasteiger charge is -2.25. The fourth-order valence-electron chi connectivity index (χ4n) is 7.03. The molecular weight excluding hydrogens is 672 g/mol. The van der Waals surface area contributed by atoms with Crippen molar-refractivity contribution in [3.63, 3.8) is 0 Å². The molecule has 2 N–H and O–H groups in total. The van der Waals surface area contributed by atoms with Gasteiger partial charge in [0.05, 0.1) is 29.0 Å². The first kappa shape index (κ1) is 33.8. The molecule has 2 aliphatic heterocycles. The third-order valence-corrected chi connectivity index (χ3v) is 9.31.